The predicted octanol–water partition coefficient (Wildman–Crippen LogP) is 2.61. The number of carbonyl (C=O) groups is 1. The van der Waals surface area contributed by atoms with Gasteiger partial charge in [0.05, 0.1) is 0 Å². The van der Waals surface area contributed by atoms with E-state index in [1.54, 1.807) is 6.20 Å². The molecule has 1 saturated carbocycles. The summed E-state index contributed by atoms with van der Waals surface area (Å²) in [6, 6.07) is 10.2. The topological polar surface area (TPSA) is 43.1 Å². The molecule has 84 valence electrons. The number of benzene rings is 1. The number of ketones is 1. The maximum absolute atomic E-state index is 11.9. The van der Waals surface area contributed by atoms with Crippen LogP contribution in [-0.2, 0) is 4.79 Å². The van der Waals surface area contributed by atoms with Crippen LogP contribution in [0, 0.1) is 5.92 Å². The van der Waals surface area contributed by atoms with Gasteiger partial charge in [-0.1, -0.05) is 37.3 Å². The number of carbonyl (C=O) groups excluding carboxylic acids is 1. The first-order chi connectivity index (χ1) is 7.74. The highest BCUT2D eigenvalue weighted by Crippen LogP contribution is 2.38. The van der Waals surface area contributed by atoms with Gasteiger partial charge in [-0.15, -0.1) is 0 Å². The molecule has 0 heterocycles. The van der Waals surface area contributed by atoms with Crippen molar-refractivity contribution < 1.29 is 4.79 Å². The Balaban J connectivity index is 2.27. The van der Waals surface area contributed by atoms with Crippen molar-refractivity contribution in [3.63, 3.8) is 0 Å². The Labute approximate surface area is 96.2 Å². The number of allylic oxidation sites excluding steroid dienone is 1. The lowest BCUT2D eigenvalue weighted by Gasteiger charge is -2.19. The van der Waals surface area contributed by atoms with Gasteiger partial charge in [-0.05, 0) is 29.7 Å². The number of hydrogen-bond donors (Lipinski definition) is 1. The zero-order chi connectivity index (χ0) is 11.5. The third-order valence-electron chi connectivity index (χ3n) is 3.45. The monoisotopic (exact) mass is 215 g/mol. The summed E-state index contributed by atoms with van der Waals surface area (Å²) < 4.78 is 0. The molecule has 1 unspecified atom stereocenters. The first kappa shape index (κ1) is 10.9. The lowest BCUT2D eigenvalue weighted by Crippen LogP contribution is -2.16. The molecule has 0 amide bonds. The summed E-state index contributed by atoms with van der Waals surface area (Å²) in [6.45, 7) is 2.10. The van der Waals surface area contributed by atoms with E-state index in [9.17, 15) is 4.79 Å². The Hall–Kier alpha value is -1.57. The van der Waals surface area contributed by atoms with Gasteiger partial charge in [0.25, 0.3) is 0 Å². The van der Waals surface area contributed by atoms with E-state index in [2.05, 4.69) is 19.1 Å². The largest absolute Gasteiger partial charge is 0.405 e. The van der Waals surface area contributed by atoms with Crippen molar-refractivity contribution in [2.75, 3.05) is 0 Å². The summed E-state index contributed by atoms with van der Waals surface area (Å²) in [7, 11) is 0. The second-order valence-corrected chi connectivity index (χ2v) is 4.38. The zero-order valence-corrected chi connectivity index (χ0v) is 9.52. The van der Waals surface area contributed by atoms with E-state index in [-0.39, 0.29) is 11.8 Å². The minimum atomic E-state index is -0.00704. The maximum Gasteiger partial charge on any atom is 0.140 e. The molecule has 0 aliphatic heterocycles. The molecule has 1 fully saturated rings. The highest BCUT2D eigenvalue weighted by molar-refractivity contribution is 5.88. The highest BCUT2D eigenvalue weighted by Gasteiger charge is 2.34. The molecule has 0 bridgehead atoms. The van der Waals surface area contributed by atoms with Gasteiger partial charge < -0.3 is 5.73 Å². The van der Waals surface area contributed by atoms with Gasteiger partial charge in [0.2, 0.25) is 0 Å². The van der Waals surface area contributed by atoms with Gasteiger partial charge in [0, 0.05) is 12.3 Å². The summed E-state index contributed by atoms with van der Waals surface area (Å²) in [5.41, 5.74) is 7.90. The van der Waals surface area contributed by atoms with E-state index in [1.165, 1.54) is 5.56 Å². The van der Waals surface area contributed by atoms with Crippen LogP contribution in [0.5, 0.6) is 0 Å². The number of Topliss-reactive ketones (excluding diaryl/α,β-unsaturated/α-hetero) is 1. The lowest BCUT2D eigenvalue weighted by molar-refractivity contribution is -0.120. The summed E-state index contributed by atoms with van der Waals surface area (Å²) in [6.07, 6.45) is 3.09. The van der Waals surface area contributed by atoms with E-state index < -0.39 is 0 Å². The minimum Gasteiger partial charge on any atom is -0.405 e. The van der Waals surface area contributed by atoms with Gasteiger partial charge in [-0.3, -0.25) is 4.79 Å². The van der Waals surface area contributed by atoms with Crippen molar-refractivity contribution in [1.82, 2.24) is 0 Å². The Morgan fingerprint density at radius 3 is 2.62 bits per heavy atom. The maximum atomic E-state index is 11.9. The smallest absolute Gasteiger partial charge is 0.140 e. The first-order valence-electron chi connectivity index (χ1n) is 5.72. The number of rotatable bonds is 2. The summed E-state index contributed by atoms with van der Waals surface area (Å²) in [5.74, 6) is 0.548. The van der Waals surface area contributed by atoms with Crippen LogP contribution in [0.25, 0.3) is 0 Å². The molecule has 1 aromatic rings. The van der Waals surface area contributed by atoms with E-state index in [0.717, 1.165) is 12.0 Å². The standard InChI is InChI=1S/C14H17NO/c1-10(11-5-3-2-4-6-11)14-12(9-15)7-8-13(14)16/h2-6,9-10,14H,7-8,15H2,1H3/t10?,14-/m1/s1. The fourth-order valence-electron chi connectivity index (χ4n) is 2.52. The molecule has 2 N–H and O–H groups in total. The molecule has 2 heteroatoms. The second kappa shape index (κ2) is 4.52. The van der Waals surface area contributed by atoms with Gasteiger partial charge >= 0.3 is 0 Å². The average molecular weight is 215 g/mol. The molecule has 16 heavy (non-hydrogen) atoms. The van der Waals surface area contributed by atoms with Gasteiger partial charge in [0.15, 0.2) is 0 Å². The van der Waals surface area contributed by atoms with Crippen LogP contribution >= 0.6 is 0 Å². The van der Waals surface area contributed by atoms with Crippen molar-refractivity contribution in [2.45, 2.75) is 25.7 Å². The predicted molar refractivity (Wildman–Crippen MR) is 64.9 cm³/mol. The van der Waals surface area contributed by atoms with Gasteiger partial charge in [-0.25, -0.2) is 0 Å². The van der Waals surface area contributed by atoms with Crippen LogP contribution in [0.2, 0.25) is 0 Å². The molecule has 0 aromatic heterocycles. The van der Waals surface area contributed by atoms with Crippen molar-refractivity contribution >= 4 is 5.78 Å². The van der Waals surface area contributed by atoms with E-state index in [0.29, 0.717) is 12.2 Å². The molecule has 2 nitrogen and oxygen atoms in total. The molecule has 1 aromatic carbocycles. The second-order valence-electron chi connectivity index (χ2n) is 4.38. The summed E-state index contributed by atoms with van der Waals surface area (Å²) in [5, 5.41) is 0. The Bertz CT molecular complexity index is 408. The van der Waals surface area contributed by atoms with Crippen LogP contribution in [0.4, 0.5) is 0 Å². The fourth-order valence-corrected chi connectivity index (χ4v) is 2.52. The molecule has 2 atom stereocenters. The molecular formula is C14H17NO. The summed E-state index contributed by atoms with van der Waals surface area (Å²) >= 11 is 0. The first-order valence-corrected chi connectivity index (χ1v) is 5.72. The third-order valence-corrected chi connectivity index (χ3v) is 3.45. The minimum absolute atomic E-state index is 0.00704. The zero-order valence-electron chi connectivity index (χ0n) is 9.52. The molecule has 1 aliphatic rings. The lowest BCUT2D eigenvalue weighted by atomic mass is 9.84. The Morgan fingerprint density at radius 2 is 2.00 bits per heavy atom. The molecular weight excluding hydrogens is 198 g/mol. The van der Waals surface area contributed by atoms with Crippen LogP contribution in [0.1, 0.15) is 31.2 Å². The molecule has 0 radical (unpaired) electrons. The van der Waals surface area contributed by atoms with Crippen molar-refractivity contribution in [3.8, 4) is 0 Å². The molecule has 0 spiro atoms. The normalized spacial score (nSPS) is 24.9. The third kappa shape index (κ3) is 1.87. The van der Waals surface area contributed by atoms with E-state index >= 15 is 0 Å². The number of nitrogens with two attached hydrogens (primary N) is 1. The van der Waals surface area contributed by atoms with Gasteiger partial charge in [-0.2, -0.15) is 0 Å². The van der Waals surface area contributed by atoms with Crippen LogP contribution in [-0.4, -0.2) is 5.78 Å². The number of hydrogen-bond acceptors (Lipinski definition) is 2. The van der Waals surface area contributed by atoms with Crippen molar-refractivity contribution in [1.29, 1.82) is 0 Å². The van der Waals surface area contributed by atoms with Crippen molar-refractivity contribution in [3.05, 3.63) is 47.7 Å². The fraction of sp³-hybridized carbons (Fsp3) is 0.357. The SMILES string of the molecule is CC(c1ccccc1)[C@H]1C(=O)CCC1=CN. The quantitative estimate of drug-likeness (QED) is 0.824. The van der Waals surface area contributed by atoms with Crippen LogP contribution in [0.3, 0.4) is 0 Å². The average Bonchev–Trinajstić information content (AvgIpc) is 2.70. The Morgan fingerprint density at radius 1 is 1.31 bits per heavy atom. The van der Waals surface area contributed by atoms with Crippen LogP contribution < -0.4 is 5.73 Å². The van der Waals surface area contributed by atoms with Gasteiger partial charge in [0.1, 0.15) is 5.78 Å². The van der Waals surface area contributed by atoms with E-state index in [1.807, 2.05) is 18.2 Å². The van der Waals surface area contributed by atoms with Crippen molar-refractivity contribution in [2.24, 2.45) is 11.7 Å². The highest BCUT2D eigenvalue weighted by atomic mass is 16.1. The summed E-state index contributed by atoms with van der Waals surface area (Å²) in [4.78, 5) is 11.9. The van der Waals surface area contributed by atoms with Crippen LogP contribution in [0.15, 0.2) is 42.1 Å². The molecule has 1 aliphatic carbocycles. The molecule has 0 saturated heterocycles. The Kier molecular flexibility index (Phi) is 3.09. The molecule has 2 rings (SSSR count). The van der Waals surface area contributed by atoms with E-state index in [4.69, 9.17) is 5.73 Å².